The lowest BCUT2D eigenvalue weighted by atomic mass is 10.2. The Balaban J connectivity index is 0.00000102. The number of likely N-dealkylation sites (N-methyl/N-ethyl adjacent to an activating group) is 1. The molecule has 0 saturated carbocycles. The van der Waals surface area contributed by atoms with Crippen molar-refractivity contribution >= 4 is 33.7 Å². The highest BCUT2D eigenvalue weighted by atomic mass is 16.3. The van der Waals surface area contributed by atoms with E-state index in [4.69, 9.17) is 5.73 Å². The SMILES string of the molecule is CC.CNC(=O)Cn1nc(-c2cc3cc(O)ccc3[nH]2)c2c(N)ncnc21. The van der Waals surface area contributed by atoms with E-state index in [2.05, 4.69) is 25.4 Å². The molecule has 140 valence electrons. The number of nitrogens with zero attached hydrogens (tertiary/aromatic N) is 4. The molecule has 0 bridgehead atoms. The van der Waals surface area contributed by atoms with Crippen molar-refractivity contribution in [3.63, 3.8) is 0 Å². The third kappa shape index (κ3) is 3.26. The van der Waals surface area contributed by atoms with Crippen LogP contribution in [0, 0.1) is 0 Å². The Hall–Kier alpha value is -3.62. The van der Waals surface area contributed by atoms with Gasteiger partial charge in [0.2, 0.25) is 5.91 Å². The first-order chi connectivity index (χ1) is 13.1. The third-order valence-electron chi connectivity index (χ3n) is 3.99. The number of anilines is 1. The number of hydrogen-bond donors (Lipinski definition) is 4. The van der Waals surface area contributed by atoms with Crippen molar-refractivity contribution in [1.82, 2.24) is 30.0 Å². The van der Waals surface area contributed by atoms with Crippen molar-refractivity contribution in [1.29, 1.82) is 0 Å². The van der Waals surface area contributed by atoms with Crippen LogP contribution in [0.2, 0.25) is 0 Å². The van der Waals surface area contributed by atoms with Crippen LogP contribution in [0.4, 0.5) is 5.82 Å². The fourth-order valence-corrected chi connectivity index (χ4v) is 2.79. The summed E-state index contributed by atoms with van der Waals surface area (Å²) in [6.45, 7) is 4.02. The van der Waals surface area contributed by atoms with Crippen molar-refractivity contribution in [2.45, 2.75) is 20.4 Å². The van der Waals surface area contributed by atoms with Gasteiger partial charge in [0.1, 0.15) is 30.1 Å². The number of amides is 1. The number of phenolic OH excluding ortho intramolecular Hbond substituents is 1. The van der Waals surface area contributed by atoms with Gasteiger partial charge in [-0.3, -0.25) is 4.79 Å². The molecule has 1 aromatic carbocycles. The van der Waals surface area contributed by atoms with Gasteiger partial charge in [-0.05, 0) is 24.3 Å². The van der Waals surface area contributed by atoms with E-state index in [1.165, 1.54) is 11.0 Å². The van der Waals surface area contributed by atoms with Gasteiger partial charge in [-0.25, -0.2) is 14.6 Å². The van der Waals surface area contributed by atoms with Crippen LogP contribution in [-0.2, 0) is 11.3 Å². The Morgan fingerprint density at radius 1 is 1.30 bits per heavy atom. The molecule has 0 saturated heterocycles. The number of rotatable bonds is 3. The highest BCUT2D eigenvalue weighted by Gasteiger charge is 2.19. The average Bonchev–Trinajstić information content (AvgIpc) is 3.25. The summed E-state index contributed by atoms with van der Waals surface area (Å²) in [5.74, 6) is 0.260. The molecule has 0 atom stereocenters. The molecule has 4 rings (SSSR count). The number of H-pyrrole nitrogens is 1. The maximum absolute atomic E-state index is 11.8. The van der Waals surface area contributed by atoms with Crippen molar-refractivity contribution in [2.75, 3.05) is 12.8 Å². The molecule has 0 radical (unpaired) electrons. The molecule has 4 aromatic rings. The molecular formula is C18H21N7O2. The van der Waals surface area contributed by atoms with Gasteiger partial charge in [0.15, 0.2) is 5.65 Å². The van der Waals surface area contributed by atoms with Crippen LogP contribution < -0.4 is 11.1 Å². The number of nitrogens with two attached hydrogens (primary N) is 1. The molecule has 9 nitrogen and oxygen atoms in total. The van der Waals surface area contributed by atoms with Gasteiger partial charge >= 0.3 is 0 Å². The summed E-state index contributed by atoms with van der Waals surface area (Å²) < 4.78 is 1.49. The number of nitrogen functional groups attached to an aromatic ring is 1. The number of aromatic nitrogens is 5. The van der Waals surface area contributed by atoms with Gasteiger partial charge in [0, 0.05) is 18.0 Å². The molecule has 9 heteroatoms. The van der Waals surface area contributed by atoms with E-state index < -0.39 is 0 Å². The van der Waals surface area contributed by atoms with E-state index in [-0.39, 0.29) is 24.0 Å². The van der Waals surface area contributed by atoms with Gasteiger partial charge < -0.3 is 21.1 Å². The summed E-state index contributed by atoms with van der Waals surface area (Å²) in [6, 6.07) is 6.88. The van der Waals surface area contributed by atoms with E-state index in [0.717, 1.165) is 10.9 Å². The van der Waals surface area contributed by atoms with Crippen molar-refractivity contribution in [3.8, 4) is 17.1 Å². The Morgan fingerprint density at radius 3 is 2.81 bits per heavy atom. The predicted molar refractivity (Wildman–Crippen MR) is 104 cm³/mol. The van der Waals surface area contributed by atoms with Crippen molar-refractivity contribution in [3.05, 3.63) is 30.6 Å². The van der Waals surface area contributed by atoms with Gasteiger partial charge in [0.25, 0.3) is 0 Å². The van der Waals surface area contributed by atoms with E-state index in [9.17, 15) is 9.90 Å². The minimum absolute atomic E-state index is 0.0183. The van der Waals surface area contributed by atoms with Crippen molar-refractivity contribution < 1.29 is 9.90 Å². The number of aromatic amines is 1. The van der Waals surface area contributed by atoms with Crippen LogP contribution in [0.5, 0.6) is 5.75 Å². The molecular weight excluding hydrogens is 346 g/mol. The maximum atomic E-state index is 11.8. The minimum atomic E-state index is -0.199. The Bertz CT molecular complexity index is 1110. The van der Waals surface area contributed by atoms with Crippen LogP contribution in [0.1, 0.15) is 13.8 Å². The highest BCUT2D eigenvalue weighted by molar-refractivity contribution is 6.00. The average molecular weight is 367 g/mol. The molecule has 0 aliphatic rings. The smallest absolute Gasteiger partial charge is 0.241 e. The number of phenols is 1. The summed E-state index contributed by atoms with van der Waals surface area (Å²) in [4.78, 5) is 23.2. The van der Waals surface area contributed by atoms with Crippen molar-refractivity contribution in [2.24, 2.45) is 0 Å². The van der Waals surface area contributed by atoms with E-state index >= 15 is 0 Å². The normalized spacial score (nSPS) is 10.6. The van der Waals surface area contributed by atoms with Gasteiger partial charge in [0.05, 0.1) is 11.1 Å². The zero-order chi connectivity index (χ0) is 19.6. The first-order valence-corrected chi connectivity index (χ1v) is 8.56. The lowest BCUT2D eigenvalue weighted by molar-refractivity contribution is -0.121. The minimum Gasteiger partial charge on any atom is -0.508 e. The summed E-state index contributed by atoms with van der Waals surface area (Å²) in [5, 5.41) is 18.1. The Kier molecular flexibility index (Phi) is 4.93. The summed E-state index contributed by atoms with van der Waals surface area (Å²) in [7, 11) is 1.56. The van der Waals surface area contributed by atoms with Crippen LogP contribution in [0.25, 0.3) is 33.3 Å². The summed E-state index contributed by atoms with van der Waals surface area (Å²) >= 11 is 0. The Morgan fingerprint density at radius 2 is 2.07 bits per heavy atom. The number of carbonyl (C=O) groups is 1. The number of nitrogens with one attached hydrogen (secondary N) is 2. The summed E-state index contributed by atoms with van der Waals surface area (Å²) in [5.41, 5.74) is 8.60. The quantitative estimate of drug-likeness (QED) is 0.438. The monoisotopic (exact) mass is 367 g/mol. The van der Waals surface area contributed by atoms with E-state index in [1.54, 1.807) is 25.2 Å². The number of aromatic hydroxyl groups is 1. The molecule has 0 unspecified atom stereocenters. The number of carbonyl (C=O) groups excluding carboxylic acids is 1. The molecule has 3 heterocycles. The fourth-order valence-electron chi connectivity index (χ4n) is 2.79. The first kappa shape index (κ1) is 18.2. The maximum Gasteiger partial charge on any atom is 0.241 e. The number of benzene rings is 1. The van der Waals surface area contributed by atoms with Crippen LogP contribution in [-0.4, -0.2) is 42.8 Å². The summed E-state index contributed by atoms with van der Waals surface area (Å²) in [6.07, 6.45) is 1.34. The lowest BCUT2D eigenvalue weighted by Gasteiger charge is -2.01. The zero-order valence-electron chi connectivity index (χ0n) is 15.3. The molecule has 27 heavy (non-hydrogen) atoms. The van der Waals surface area contributed by atoms with E-state index in [0.29, 0.717) is 22.4 Å². The second-order valence-electron chi connectivity index (χ2n) is 5.59. The standard InChI is InChI=1S/C16H15N7O2.C2H6/c1-18-12(25)6-23-16-13(15(17)19-7-20-16)14(22-23)11-5-8-4-9(24)2-3-10(8)21-11;1-2/h2-5,7,21,24H,6H2,1H3,(H,18,25)(H2,17,19,20);1-2H3. The molecule has 0 spiro atoms. The Labute approximate surface area is 155 Å². The molecule has 0 aliphatic carbocycles. The van der Waals surface area contributed by atoms with Crippen LogP contribution >= 0.6 is 0 Å². The van der Waals surface area contributed by atoms with Gasteiger partial charge in [-0.2, -0.15) is 5.10 Å². The van der Waals surface area contributed by atoms with Gasteiger partial charge in [-0.1, -0.05) is 13.8 Å². The van der Waals surface area contributed by atoms with Gasteiger partial charge in [-0.15, -0.1) is 0 Å². The fraction of sp³-hybridized carbons (Fsp3) is 0.222. The topological polar surface area (TPSA) is 135 Å². The molecule has 3 aromatic heterocycles. The lowest BCUT2D eigenvalue weighted by Crippen LogP contribution is -2.24. The first-order valence-electron chi connectivity index (χ1n) is 8.56. The number of fused-ring (bicyclic) bond motifs is 2. The second-order valence-corrected chi connectivity index (χ2v) is 5.59. The third-order valence-corrected chi connectivity index (χ3v) is 3.99. The largest absolute Gasteiger partial charge is 0.508 e. The predicted octanol–water partition coefficient (Wildman–Crippen LogP) is 2.03. The molecule has 0 fully saturated rings. The molecule has 1 amide bonds. The molecule has 5 N–H and O–H groups in total. The van der Waals surface area contributed by atoms with Crippen LogP contribution in [0.3, 0.4) is 0 Å². The zero-order valence-corrected chi connectivity index (χ0v) is 15.3. The number of hydrogen-bond acceptors (Lipinski definition) is 6. The van der Waals surface area contributed by atoms with Crippen LogP contribution in [0.15, 0.2) is 30.6 Å². The van der Waals surface area contributed by atoms with E-state index in [1.807, 2.05) is 19.9 Å². The highest BCUT2D eigenvalue weighted by Crippen LogP contribution is 2.32. The molecule has 0 aliphatic heterocycles. The second kappa shape index (κ2) is 7.32.